The zero-order valence-electron chi connectivity index (χ0n) is 10.4. The van der Waals surface area contributed by atoms with Crippen LogP contribution in [-0.2, 0) is 6.61 Å². The standard InChI is InChI=1S/C16H16O2/c1-3-14-15(17-2)10-7-11-16(14)18-12-13-8-5-4-6-9-13/h3-11H,1,12H2,2H3. The molecule has 0 saturated heterocycles. The van der Waals surface area contributed by atoms with Crippen LogP contribution in [-0.4, -0.2) is 7.11 Å². The maximum Gasteiger partial charge on any atom is 0.130 e. The van der Waals surface area contributed by atoms with Gasteiger partial charge in [0.05, 0.1) is 12.7 Å². The van der Waals surface area contributed by atoms with Crippen molar-refractivity contribution in [3.8, 4) is 11.5 Å². The molecule has 0 atom stereocenters. The van der Waals surface area contributed by atoms with E-state index < -0.39 is 0 Å². The zero-order valence-corrected chi connectivity index (χ0v) is 10.4. The van der Waals surface area contributed by atoms with E-state index in [-0.39, 0.29) is 0 Å². The Hall–Kier alpha value is -2.22. The summed E-state index contributed by atoms with van der Waals surface area (Å²) < 4.78 is 11.1. The van der Waals surface area contributed by atoms with Gasteiger partial charge in [-0.15, -0.1) is 0 Å². The normalized spacial score (nSPS) is 9.83. The first-order chi connectivity index (χ1) is 8.85. The molecule has 2 aromatic carbocycles. The van der Waals surface area contributed by atoms with Gasteiger partial charge in [-0.25, -0.2) is 0 Å². The minimum Gasteiger partial charge on any atom is -0.496 e. The Bertz CT molecular complexity index is 518. The SMILES string of the molecule is C=Cc1c(OC)cccc1OCc1ccccc1. The maximum absolute atomic E-state index is 5.81. The van der Waals surface area contributed by atoms with Crippen molar-refractivity contribution in [2.24, 2.45) is 0 Å². The lowest BCUT2D eigenvalue weighted by Gasteiger charge is -2.12. The van der Waals surface area contributed by atoms with E-state index >= 15 is 0 Å². The summed E-state index contributed by atoms with van der Waals surface area (Å²) in [5.41, 5.74) is 2.02. The van der Waals surface area contributed by atoms with Crippen LogP contribution in [0.3, 0.4) is 0 Å². The lowest BCUT2D eigenvalue weighted by atomic mass is 10.1. The molecule has 2 aromatic rings. The first-order valence-electron chi connectivity index (χ1n) is 5.81. The van der Waals surface area contributed by atoms with Crippen molar-refractivity contribution in [3.63, 3.8) is 0 Å². The van der Waals surface area contributed by atoms with Crippen LogP contribution >= 0.6 is 0 Å². The van der Waals surface area contributed by atoms with Crippen LogP contribution in [0.4, 0.5) is 0 Å². The lowest BCUT2D eigenvalue weighted by molar-refractivity contribution is 0.303. The van der Waals surface area contributed by atoms with E-state index in [1.807, 2.05) is 48.5 Å². The number of hydrogen-bond acceptors (Lipinski definition) is 2. The third-order valence-corrected chi connectivity index (χ3v) is 2.69. The molecule has 0 heterocycles. The molecule has 0 N–H and O–H groups in total. The second-order valence-corrected chi connectivity index (χ2v) is 3.85. The van der Waals surface area contributed by atoms with Crippen LogP contribution in [0.15, 0.2) is 55.1 Å². The zero-order chi connectivity index (χ0) is 12.8. The fraction of sp³-hybridized carbons (Fsp3) is 0.125. The minimum atomic E-state index is 0.537. The molecule has 0 aliphatic heterocycles. The van der Waals surface area contributed by atoms with Gasteiger partial charge in [0.2, 0.25) is 0 Å². The van der Waals surface area contributed by atoms with E-state index in [1.165, 1.54) is 0 Å². The molecule has 2 rings (SSSR count). The van der Waals surface area contributed by atoms with E-state index in [0.29, 0.717) is 6.61 Å². The minimum absolute atomic E-state index is 0.537. The molecule has 0 radical (unpaired) electrons. The molecule has 2 nitrogen and oxygen atoms in total. The van der Waals surface area contributed by atoms with Crippen LogP contribution in [0.5, 0.6) is 11.5 Å². The molecular formula is C16H16O2. The summed E-state index contributed by atoms with van der Waals surface area (Å²) in [7, 11) is 1.64. The topological polar surface area (TPSA) is 18.5 Å². The predicted molar refractivity (Wildman–Crippen MR) is 73.9 cm³/mol. The number of hydrogen-bond donors (Lipinski definition) is 0. The van der Waals surface area contributed by atoms with Gasteiger partial charge in [0, 0.05) is 0 Å². The van der Waals surface area contributed by atoms with Gasteiger partial charge in [-0.3, -0.25) is 0 Å². The molecule has 0 amide bonds. The van der Waals surface area contributed by atoms with Crippen molar-refractivity contribution in [2.45, 2.75) is 6.61 Å². The third-order valence-electron chi connectivity index (χ3n) is 2.69. The fourth-order valence-electron chi connectivity index (χ4n) is 1.76. The molecule has 0 saturated carbocycles. The van der Waals surface area contributed by atoms with Gasteiger partial charge < -0.3 is 9.47 Å². The first-order valence-corrected chi connectivity index (χ1v) is 5.81. The molecule has 0 fully saturated rings. The third kappa shape index (κ3) is 2.72. The Balaban J connectivity index is 2.17. The van der Waals surface area contributed by atoms with Crippen LogP contribution in [0.2, 0.25) is 0 Å². The van der Waals surface area contributed by atoms with Crippen molar-refractivity contribution in [2.75, 3.05) is 7.11 Å². The van der Waals surface area contributed by atoms with Crippen LogP contribution in [0, 0.1) is 0 Å². The highest BCUT2D eigenvalue weighted by atomic mass is 16.5. The van der Waals surface area contributed by atoms with E-state index in [2.05, 4.69) is 6.58 Å². The number of benzene rings is 2. The quantitative estimate of drug-likeness (QED) is 0.788. The van der Waals surface area contributed by atoms with Crippen molar-refractivity contribution in [1.29, 1.82) is 0 Å². The summed E-state index contributed by atoms with van der Waals surface area (Å²) in [4.78, 5) is 0. The Morgan fingerprint density at radius 1 is 1.00 bits per heavy atom. The van der Waals surface area contributed by atoms with Crippen molar-refractivity contribution >= 4 is 6.08 Å². The highest BCUT2D eigenvalue weighted by Gasteiger charge is 2.06. The maximum atomic E-state index is 5.81. The van der Waals surface area contributed by atoms with Crippen LogP contribution in [0.25, 0.3) is 6.08 Å². The summed E-state index contributed by atoms with van der Waals surface area (Å²) in [6.45, 7) is 4.33. The Morgan fingerprint density at radius 3 is 2.39 bits per heavy atom. The van der Waals surface area contributed by atoms with Gasteiger partial charge in [-0.2, -0.15) is 0 Å². The molecule has 2 heteroatoms. The largest absolute Gasteiger partial charge is 0.496 e. The average molecular weight is 240 g/mol. The number of ether oxygens (including phenoxy) is 2. The molecule has 0 spiro atoms. The molecule has 92 valence electrons. The highest BCUT2D eigenvalue weighted by Crippen LogP contribution is 2.29. The van der Waals surface area contributed by atoms with E-state index in [9.17, 15) is 0 Å². The van der Waals surface area contributed by atoms with Gasteiger partial charge >= 0.3 is 0 Å². The van der Waals surface area contributed by atoms with Gasteiger partial charge in [0.25, 0.3) is 0 Å². The second kappa shape index (κ2) is 5.92. The smallest absolute Gasteiger partial charge is 0.130 e. The van der Waals surface area contributed by atoms with Crippen LogP contribution < -0.4 is 9.47 Å². The van der Waals surface area contributed by atoms with Gasteiger partial charge in [0.15, 0.2) is 0 Å². The monoisotopic (exact) mass is 240 g/mol. The Morgan fingerprint density at radius 2 is 1.72 bits per heavy atom. The van der Waals surface area contributed by atoms with Crippen molar-refractivity contribution < 1.29 is 9.47 Å². The fourth-order valence-corrected chi connectivity index (χ4v) is 1.76. The Labute approximate surface area is 107 Å². The number of rotatable bonds is 5. The Kier molecular flexibility index (Phi) is 4.02. The van der Waals surface area contributed by atoms with E-state index in [4.69, 9.17) is 9.47 Å². The lowest BCUT2D eigenvalue weighted by Crippen LogP contribution is -1.98. The number of methoxy groups -OCH3 is 1. The van der Waals surface area contributed by atoms with Crippen molar-refractivity contribution in [3.05, 3.63) is 66.2 Å². The molecule has 0 bridgehead atoms. The molecular weight excluding hydrogens is 224 g/mol. The molecule has 0 aromatic heterocycles. The molecule has 0 unspecified atom stereocenters. The van der Waals surface area contributed by atoms with Gasteiger partial charge in [-0.1, -0.05) is 49.1 Å². The summed E-state index contributed by atoms with van der Waals surface area (Å²) >= 11 is 0. The summed E-state index contributed by atoms with van der Waals surface area (Å²) in [6, 6.07) is 15.8. The van der Waals surface area contributed by atoms with Crippen molar-refractivity contribution in [1.82, 2.24) is 0 Å². The summed E-state index contributed by atoms with van der Waals surface area (Å²) in [5, 5.41) is 0. The second-order valence-electron chi connectivity index (χ2n) is 3.85. The summed E-state index contributed by atoms with van der Waals surface area (Å²) in [6.07, 6.45) is 1.75. The molecule has 18 heavy (non-hydrogen) atoms. The first kappa shape index (κ1) is 12.2. The molecule has 0 aliphatic carbocycles. The van der Waals surface area contributed by atoms with E-state index in [0.717, 1.165) is 22.6 Å². The summed E-state index contributed by atoms with van der Waals surface area (Å²) in [5.74, 6) is 1.56. The average Bonchev–Trinajstić information content (AvgIpc) is 2.45. The van der Waals surface area contributed by atoms with Crippen LogP contribution in [0.1, 0.15) is 11.1 Å². The van der Waals surface area contributed by atoms with Gasteiger partial charge in [-0.05, 0) is 17.7 Å². The van der Waals surface area contributed by atoms with E-state index in [1.54, 1.807) is 13.2 Å². The highest BCUT2D eigenvalue weighted by molar-refractivity contribution is 5.63. The predicted octanol–water partition coefficient (Wildman–Crippen LogP) is 3.92. The molecule has 0 aliphatic rings. The van der Waals surface area contributed by atoms with Gasteiger partial charge in [0.1, 0.15) is 18.1 Å².